The summed E-state index contributed by atoms with van der Waals surface area (Å²) in [6, 6.07) is 7.64. The lowest BCUT2D eigenvalue weighted by molar-refractivity contribution is 0.219. The van der Waals surface area contributed by atoms with Gasteiger partial charge in [-0.2, -0.15) is 9.29 Å². The first kappa shape index (κ1) is 17.5. The largest absolute Gasteiger partial charge is 0.339 e. The Labute approximate surface area is 156 Å². The number of hydrogen-bond donors (Lipinski definition) is 0. The van der Waals surface area contributed by atoms with E-state index in [1.165, 1.54) is 9.71 Å². The van der Waals surface area contributed by atoms with Crippen LogP contribution in [0.1, 0.15) is 22.9 Å². The van der Waals surface area contributed by atoms with Gasteiger partial charge in [-0.25, -0.2) is 13.4 Å². The van der Waals surface area contributed by atoms with Crippen molar-refractivity contribution in [1.82, 2.24) is 24.4 Å². The highest BCUT2D eigenvalue weighted by Gasteiger charge is 2.38. The highest BCUT2D eigenvalue weighted by Crippen LogP contribution is 2.30. The van der Waals surface area contributed by atoms with Gasteiger partial charge in [0.2, 0.25) is 21.7 Å². The Hall–Kier alpha value is -2.91. The summed E-state index contributed by atoms with van der Waals surface area (Å²) >= 11 is 0. The summed E-state index contributed by atoms with van der Waals surface area (Å²) in [5, 5.41) is 5.12. The van der Waals surface area contributed by atoms with Crippen molar-refractivity contribution in [2.45, 2.75) is 12.8 Å². The molecule has 138 valence electrons. The topological polar surface area (TPSA) is 102 Å². The molecule has 0 atom stereocenters. The average Bonchev–Trinajstić information content (AvgIpc) is 3.10. The zero-order valence-electron chi connectivity index (χ0n) is 14.6. The number of rotatable bonds is 5. The van der Waals surface area contributed by atoms with E-state index in [1.54, 1.807) is 24.7 Å². The monoisotopic (exact) mass is 383 g/mol. The number of aryl methyl sites for hydroxylation is 1. The molecule has 0 spiro atoms. The van der Waals surface area contributed by atoms with Crippen molar-refractivity contribution in [1.29, 1.82) is 0 Å². The van der Waals surface area contributed by atoms with E-state index < -0.39 is 10.0 Å². The van der Waals surface area contributed by atoms with Crippen molar-refractivity contribution in [3.63, 3.8) is 0 Å². The quantitative estimate of drug-likeness (QED) is 0.666. The van der Waals surface area contributed by atoms with Crippen LogP contribution in [0, 0.1) is 6.92 Å². The van der Waals surface area contributed by atoms with Gasteiger partial charge in [0.15, 0.2) is 0 Å². The Kier molecular flexibility index (Phi) is 4.54. The summed E-state index contributed by atoms with van der Waals surface area (Å²) in [7, 11) is -3.48. The molecular formula is C18H17N5O3S. The van der Waals surface area contributed by atoms with Crippen LogP contribution in [0.15, 0.2) is 52.8 Å². The SMILES string of the molecule is Cc1ccc(C=CS(=O)(=O)N2CC(c3nc(-c4cnccn4)no3)C2)cc1. The number of benzene rings is 1. The molecule has 0 amide bonds. The van der Waals surface area contributed by atoms with Gasteiger partial charge < -0.3 is 4.52 Å². The van der Waals surface area contributed by atoms with Crippen LogP contribution in [0.5, 0.6) is 0 Å². The lowest BCUT2D eigenvalue weighted by Crippen LogP contribution is -2.47. The van der Waals surface area contributed by atoms with E-state index in [-0.39, 0.29) is 5.92 Å². The summed E-state index contributed by atoms with van der Waals surface area (Å²) in [5.74, 6) is 0.633. The smallest absolute Gasteiger partial charge is 0.236 e. The Morgan fingerprint density at radius 3 is 2.67 bits per heavy atom. The van der Waals surface area contributed by atoms with E-state index in [2.05, 4.69) is 20.1 Å². The maximum absolute atomic E-state index is 12.4. The molecule has 0 unspecified atom stereocenters. The first-order valence-electron chi connectivity index (χ1n) is 8.36. The molecule has 1 aliphatic rings. The Morgan fingerprint density at radius 1 is 1.19 bits per heavy atom. The summed E-state index contributed by atoms with van der Waals surface area (Å²) < 4.78 is 31.5. The van der Waals surface area contributed by atoms with E-state index in [4.69, 9.17) is 4.52 Å². The number of nitrogens with zero attached hydrogens (tertiary/aromatic N) is 5. The molecular weight excluding hydrogens is 366 g/mol. The molecule has 1 aromatic carbocycles. The molecule has 0 saturated carbocycles. The third-order valence-corrected chi connectivity index (χ3v) is 5.80. The second-order valence-corrected chi connectivity index (χ2v) is 8.14. The molecule has 9 heteroatoms. The van der Waals surface area contributed by atoms with Gasteiger partial charge in [-0.3, -0.25) is 4.98 Å². The van der Waals surface area contributed by atoms with Crippen LogP contribution < -0.4 is 0 Å². The lowest BCUT2D eigenvalue weighted by Gasteiger charge is -2.34. The second kappa shape index (κ2) is 7.01. The summed E-state index contributed by atoms with van der Waals surface area (Å²) in [6.07, 6.45) is 6.25. The van der Waals surface area contributed by atoms with E-state index in [1.807, 2.05) is 31.2 Å². The van der Waals surface area contributed by atoms with Crippen LogP contribution >= 0.6 is 0 Å². The first-order valence-corrected chi connectivity index (χ1v) is 9.86. The molecule has 2 aromatic heterocycles. The minimum atomic E-state index is -3.48. The highest BCUT2D eigenvalue weighted by molar-refractivity contribution is 7.92. The molecule has 0 aliphatic carbocycles. The third-order valence-electron chi connectivity index (χ3n) is 4.30. The van der Waals surface area contributed by atoms with Crippen molar-refractivity contribution in [2.75, 3.05) is 13.1 Å². The summed E-state index contributed by atoms with van der Waals surface area (Å²) in [6.45, 7) is 2.60. The van der Waals surface area contributed by atoms with Gasteiger partial charge in [-0.05, 0) is 18.6 Å². The van der Waals surface area contributed by atoms with Crippen molar-refractivity contribution >= 4 is 16.1 Å². The lowest BCUT2D eigenvalue weighted by atomic mass is 10.0. The molecule has 0 radical (unpaired) electrons. The summed E-state index contributed by atoms with van der Waals surface area (Å²) in [4.78, 5) is 12.4. The van der Waals surface area contributed by atoms with Crippen LogP contribution in [0.25, 0.3) is 17.6 Å². The first-order chi connectivity index (χ1) is 13.0. The van der Waals surface area contributed by atoms with Crippen LogP contribution in [0.4, 0.5) is 0 Å². The molecule has 3 aromatic rings. The Balaban J connectivity index is 1.40. The standard InChI is InChI=1S/C18H17N5O3S/c1-13-2-4-14(5-3-13)6-9-27(24,25)23-11-15(12-23)18-21-17(22-26-18)16-10-19-7-8-20-16/h2-10,15H,11-12H2,1H3. The van der Waals surface area contributed by atoms with Crippen molar-refractivity contribution in [2.24, 2.45) is 0 Å². The minimum absolute atomic E-state index is 0.120. The molecule has 0 N–H and O–H groups in total. The van der Waals surface area contributed by atoms with Crippen LogP contribution in [0.3, 0.4) is 0 Å². The molecule has 0 bridgehead atoms. The van der Waals surface area contributed by atoms with Gasteiger partial charge in [0.05, 0.1) is 12.1 Å². The van der Waals surface area contributed by atoms with Gasteiger partial charge in [0, 0.05) is 30.9 Å². The number of aromatic nitrogens is 4. The predicted octanol–water partition coefficient (Wildman–Crippen LogP) is 2.23. The van der Waals surface area contributed by atoms with Crippen LogP contribution in [-0.2, 0) is 10.0 Å². The highest BCUT2D eigenvalue weighted by atomic mass is 32.2. The Morgan fingerprint density at radius 2 is 1.96 bits per heavy atom. The second-order valence-electron chi connectivity index (χ2n) is 6.32. The molecule has 4 rings (SSSR count). The molecule has 1 aliphatic heterocycles. The van der Waals surface area contributed by atoms with Crippen molar-refractivity contribution < 1.29 is 12.9 Å². The molecule has 8 nitrogen and oxygen atoms in total. The Bertz CT molecular complexity index is 1060. The molecule has 1 saturated heterocycles. The number of sulfonamides is 1. The minimum Gasteiger partial charge on any atom is -0.339 e. The molecule has 1 fully saturated rings. The van der Waals surface area contributed by atoms with Gasteiger partial charge >= 0.3 is 0 Å². The van der Waals surface area contributed by atoms with E-state index in [0.29, 0.717) is 30.5 Å². The molecule has 3 heterocycles. The predicted molar refractivity (Wildman–Crippen MR) is 98.8 cm³/mol. The van der Waals surface area contributed by atoms with Crippen molar-refractivity contribution in [3.8, 4) is 11.5 Å². The number of hydrogen-bond acceptors (Lipinski definition) is 7. The van der Waals surface area contributed by atoms with Gasteiger partial charge in [0.1, 0.15) is 5.69 Å². The normalized spacial score (nSPS) is 15.9. The maximum atomic E-state index is 12.4. The zero-order chi connectivity index (χ0) is 18.9. The zero-order valence-corrected chi connectivity index (χ0v) is 15.4. The van der Waals surface area contributed by atoms with E-state index >= 15 is 0 Å². The fourth-order valence-corrected chi connectivity index (χ4v) is 3.93. The van der Waals surface area contributed by atoms with Crippen LogP contribution in [-0.4, -0.2) is 45.9 Å². The van der Waals surface area contributed by atoms with Gasteiger partial charge in [-0.1, -0.05) is 35.0 Å². The van der Waals surface area contributed by atoms with Crippen molar-refractivity contribution in [3.05, 3.63) is 65.3 Å². The van der Waals surface area contributed by atoms with E-state index in [9.17, 15) is 8.42 Å². The fourth-order valence-electron chi connectivity index (χ4n) is 2.65. The van der Waals surface area contributed by atoms with E-state index in [0.717, 1.165) is 11.1 Å². The fraction of sp³-hybridized carbons (Fsp3) is 0.222. The van der Waals surface area contributed by atoms with Gasteiger partial charge in [-0.15, -0.1) is 0 Å². The molecule has 27 heavy (non-hydrogen) atoms. The van der Waals surface area contributed by atoms with Gasteiger partial charge in [0.25, 0.3) is 0 Å². The summed E-state index contributed by atoms with van der Waals surface area (Å²) in [5.41, 5.74) is 2.48. The van der Waals surface area contributed by atoms with Crippen LogP contribution in [0.2, 0.25) is 0 Å². The third kappa shape index (κ3) is 3.79. The maximum Gasteiger partial charge on any atom is 0.236 e. The average molecular weight is 383 g/mol.